The fraction of sp³-hybridized carbons (Fsp3) is 0.333. The summed E-state index contributed by atoms with van der Waals surface area (Å²) < 4.78 is 5.16. The number of thiophene rings is 1. The standard InChI is InChI=1S/C15H19NO2S/c1-10-5-3-4-6-12(10)13(8-16)15(17)14-7-11(18-2)9-19-14/h3-7,9,13,15,17H,8,16H2,1-2H3. The third-order valence-corrected chi connectivity index (χ3v) is 4.33. The Morgan fingerprint density at radius 1 is 1.37 bits per heavy atom. The Hall–Kier alpha value is -1.36. The van der Waals surface area contributed by atoms with E-state index in [1.807, 2.05) is 42.6 Å². The Morgan fingerprint density at radius 2 is 2.11 bits per heavy atom. The Bertz CT molecular complexity index is 538. The van der Waals surface area contributed by atoms with Crippen molar-refractivity contribution < 1.29 is 9.84 Å². The van der Waals surface area contributed by atoms with Crippen LogP contribution in [0.2, 0.25) is 0 Å². The normalized spacial score (nSPS) is 14.1. The molecule has 0 aliphatic rings. The minimum atomic E-state index is -0.597. The summed E-state index contributed by atoms with van der Waals surface area (Å²) in [5, 5.41) is 12.4. The third kappa shape index (κ3) is 2.97. The van der Waals surface area contributed by atoms with Crippen molar-refractivity contribution in [2.75, 3.05) is 13.7 Å². The van der Waals surface area contributed by atoms with Gasteiger partial charge in [-0.15, -0.1) is 11.3 Å². The zero-order valence-corrected chi connectivity index (χ0v) is 12.0. The quantitative estimate of drug-likeness (QED) is 0.883. The molecule has 1 aromatic heterocycles. The van der Waals surface area contributed by atoms with E-state index in [2.05, 4.69) is 0 Å². The van der Waals surface area contributed by atoms with Gasteiger partial charge in [0.15, 0.2) is 0 Å². The highest BCUT2D eigenvalue weighted by Crippen LogP contribution is 2.36. The number of nitrogens with two attached hydrogens (primary N) is 1. The number of rotatable bonds is 5. The number of aliphatic hydroxyl groups excluding tert-OH is 1. The second kappa shape index (κ2) is 6.19. The fourth-order valence-corrected chi connectivity index (χ4v) is 3.13. The maximum absolute atomic E-state index is 10.5. The molecule has 0 fully saturated rings. The predicted molar refractivity (Wildman–Crippen MR) is 78.8 cm³/mol. The van der Waals surface area contributed by atoms with E-state index in [1.165, 1.54) is 11.3 Å². The number of ether oxygens (including phenoxy) is 1. The summed E-state index contributed by atoms with van der Waals surface area (Å²) in [6.07, 6.45) is -0.597. The maximum atomic E-state index is 10.5. The first-order chi connectivity index (χ1) is 9.17. The predicted octanol–water partition coefficient (Wildman–Crippen LogP) is 2.84. The largest absolute Gasteiger partial charge is 0.496 e. The number of hydrogen-bond acceptors (Lipinski definition) is 4. The van der Waals surface area contributed by atoms with E-state index >= 15 is 0 Å². The van der Waals surface area contributed by atoms with Crippen LogP contribution < -0.4 is 10.5 Å². The van der Waals surface area contributed by atoms with Crippen molar-refractivity contribution in [2.24, 2.45) is 5.73 Å². The SMILES string of the molecule is COc1csc(C(O)C(CN)c2ccccc2C)c1. The van der Waals surface area contributed by atoms with Gasteiger partial charge in [0.25, 0.3) is 0 Å². The van der Waals surface area contributed by atoms with Gasteiger partial charge < -0.3 is 15.6 Å². The molecule has 2 atom stereocenters. The lowest BCUT2D eigenvalue weighted by atomic mass is 9.89. The zero-order chi connectivity index (χ0) is 13.8. The van der Waals surface area contributed by atoms with Crippen LogP contribution in [-0.2, 0) is 0 Å². The molecule has 102 valence electrons. The summed E-state index contributed by atoms with van der Waals surface area (Å²) >= 11 is 1.50. The second-order valence-electron chi connectivity index (χ2n) is 4.53. The molecule has 1 heterocycles. The van der Waals surface area contributed by atoms with E-state index in [0.717, 1.165) is 21.8 Å². The van der Waals surface area contributed by atoms with Gasteiger partial charge in [-0.05, 0) is 24.1 Å². The summed E-state index contributed by atoms with van der Waals surface area (Å²) in [6, 6.07) is 9.91. The molecule has 0 bridgehead atoms. The molecule has 0 radical (unpaired) electrons. The van der Waals surface area contributed by atoms with Gasteiger partial charge in [0.1, 0.15) is 5.75 Å². The van der Waals surface area contributed by atoms with Crippen LogP contribution in [0.25, 0.3) is 0 Å². The van der Waals surface area contributed by atoms with Crippen molar-refractivity contribution in [3.8, 4) is 5.75 Å². The van der Waals surface area contributed by atoms with E-state index in [1.54, 1.807) is 7.11 Å². The highest BCUT2D eigenvalue weighted by molar-refractivity contribution is 7.10. The fourth-order valence-electron chi connectivity index (χ4n) is 2.22. The molecule has 0 saturated heterocycles. The van der Waals surface area contributed by atoms with Crippen LogP contribution in [0.5, 0.6) is 5.75 Å². The van der Waals surface area contributed by atoms with E-state index < -0.39 is 6.10 Å². The second-order valence-corrected chi connectivity index (χ2v) is 5.48. The number of hydrogen-bond donors (Lipinski definition) is 2. The molecule has 2 aromatic rings. The molecule has 3 N–H and O–H groups in total. The van der Waals surface area contributed by atoms with Gasteiger partial charge in [0, 0.05) is 22.7 Å². The van der Waals surface area contributed by atoms with Crippen LogP contribution in [0, 0.1) is 6.92 Å². The zero-order valence-electron chi connectivity index (χ0n) is 11.2. The Labute approximate surface area is 117 Å². The monoisotopic (exact) mass is 277 g/mol. The van der Waals surface area contributed by atoms with E-state index in [-0.39, 0.29) is 5.92 Å². The number of aryl methyl sites for hydroxylation is 1. The Morgan fingerprint density at radius 3 is 2.68 bits per heavy atom. The van der Waals surface area contributed by atoms with Crippen molar-refractivity contribution in [3.63, 3.8) is 0 Å². The van der Waals surface area contributed by atoms with E-state index in [9.17, 15) is 5.11 Å². The molecule has 19 heavy (non-hydrogen) atoms. The van der Waals surface area contributed by atoms with Crippen molar-refractivity contribution in [1.82, 2.24) is 0 Å². The van der Waals surface area contributed by atoms with Crippen LogP contribution in [-0.4, -0.2) is 18.8 Å². The first kappa shape index (κ1) is 14.1. The smallest absolute Gasteiger partial charge is 0.129 e. The van der Waals surface area contributed by atoms with Crippen molar-refractivity contribution in [3.05, 3.63) is 51.7 Å². The summed E-state index contributed by atoms with van der Waals surface area (Å²) in [7, 11) is 1.62. The van der Waals surface area contributed by atoms with Crippen molar-refractivity contribution >= 4 is 11.3 Å². The average molecular weight is 277 g/mol. The molecular weight excluding hydrogens is 258 g/mol. The number of benzene rings is 1. The minimum Gasteiger partial charge on any atom is -0.496 e. The molecule has 0 spiro atoms. The van der Waals surface area contributed by atoms with E-state index in [0.29, 0.717) is 6.54 Å². The molecule has 0 aliphatic carbocycles. The topological polar surface area (TPSA) is 55.5 Å². The van der Waals surface area contributed by atoms with Crippen LogP contribution in [0.15, 0.2) is 35.7 Å². The highest BCUT2D eigenvalue weighted by Gasteiger charge is 2.24. The van der Waals surface area contributed by atoms with Gasteiger partial charge >= 0.3 is 0 Å². The summed E-state index contributed by atoms with van der Waals surface area (Å²) in [6.45, 7) is 2.45. The van der Waals surface area contributed by atoms with Crippen molar-refractivity contribution in [2.45, 2.75) is 18.9 Å². The van der Waals surface area contributed by atoms with Crippen LogP contribution in [0.3, 0.4) is 0 Å². The molecule has 4 heteroatoms. The number of aliphatic hydroxyl groups is 1. The van der Waals surface area contributed by atoms with Crippen LogP contribution >= 0.6 is 11.3 Å². The first-order valence-corrected chi connectivity index (χ1v) is 7.11. The van der Waals surface area contributed by atoms with Crippen LogP contribution in [0.1, 0.15) is 28.0 Å². The summed E-state index contributed by atoms with van der Waals surface area (Å²) in [5.41, 5.74) is 8.12. The van der Waals surface area contributed by atoms with Crippen molar-refractivity contribution in [1.29, 1.82) is 0 Å². The Balaban J connectivity index is 2.29. The third-order valence-electron chi connectivity index (χ3n) is 3.35. The first-order valence-electron chi connectivity index (χ1n) is 6.23. The average Bonchev–Trinajstić information content (AvgIpc) is 2.90. The maximum Gasteiger partial charge on any atom is 0.129 e. The molecule has 2 unspecified atom stereocenters. The summed E-state index contributed by atoms with van der Waals surface area (Å²) in [4.78, 5) is 0.885. The van der Waals surface area contributed by atoms with Gasteiger partial charge in [-0.25, -0.2) is 0 Å². The number of methoxy groups -OCH3 is 1. The summed E-state index contributed by atoms with van der Waals surface area (Å²) in [5.74, 6) is 0.684. The van der Waals surface area contributed by atoms with Crippen LogP contribution in [0.4, 0.5) is 0 Å². The molecular formula is C15H19NO2S. The lowest BCUT2D eigenvalue weighted by Crippen LogP contribution is -2.20. The Kier molecular flexibility index (Phi) is 4.58. The molecule has 0 aliphatic heterocycles. The van der Waals surface area contributed by atoms with Gasteiger partial charge in [-0.3, -0.25) is 0 Å². The minimum absolute atomic E-state index is 0.0930. The molecule has 3 nitrogen and oxygen atoms in total. The van der Waals surface area contributed by atoms with Gasteiger partial charge in [0.2, 0.25) is 0 Å². The molecule has 2 rings (SSSR count). The molecule has 0 amide bonds. The highest BCUT2D eigenvalue weighted by atomic mass is 32.1. The van der Waals surface area contributed by atoms with Gasteiger partial charge in [-0.2, -0.15) is 0 Å². The van der Waals surface area contributed by atoms with Gasteiger partial charge in [-0.1, -0.05) is 24.3 Å². The molecule has 1 aromatic carbocycles. The molecule has 0 saturated carbocycles. The van der Waals surface area contributed by atoms with Gasteiger partial charge in [0.05, 0.1) is 13.2 Å². The van der Waals surface area contributed by atoms with E-state index in [4.69, 9.17) is 10.5 Å². The lowest BCUT2D eigenvalue weighted by molar-refractivity contribution is 0.150. The lowest BCUT2D eigenvalue weighted by Gasteiger charge is -2.22.